The number of rotatable bonds is 6. The highest BCUT2D eigenvalue weighted by atomic mass is 16.3. The van der Waals surface area contributed by atoms with Gasteiger partial charge in [-0.05, 0) is 70.8 Å². The molecule has 0 amide bonds. The van der Waals surface area contributed by atoms with Gasteiger partial charge in [0.2, 0.25) is 5.71 Å². The van der Waals surface area contributed by atoms with Gasteiger partial charge in [0.15, 0.2) is 17.5 Å². The van der Waals surface area contributed by atoms with Gasteiger partial charge in [0.1, 0.15) is 5.58 Å². The van der Waals surface area contributed by atoms with E-state index in [4.69, 9.17) is 24.4 Å². The van der Waals surface area contributed by atoms with E-state index in [0.29, 0.717) is 34.3 Å². The van der Waals surface area contributed by atoms with Crippen LogP contribution < -0.4 is 0 Å². The van der Waals surface area contributed by atoms with Crippen molar-refractivity contribution in [1.29, 1.82) is 5.26 Å². The third-order valence-electron chi connectivity index (χ3n) is 8.89. The second kappa shape index (κ2) is 12.6. The van der Waals surface area contributed by atoms with Gasteiger partial charge in [0.25, 0.3) is 0 Å². The highest BCUT2D eigenvalue weighted by Gasteiger charge is 2.18. The first-order chi connectivity index (χ1) is 25.2. The van der Waals surface area contributed by atoms with E-state index in [2.05, 4.69) is 65.7 Å². The average molecular weight is 655 g/mol. The van der Waals surface area contributed by atoms with Crippen LogP contribution in [0.25, 0.3) is 89.7 Å². The van der Waals surface area contributed by atoms with Crippen LogP contribution >= 0.6 is 0 Å². The van der Waals surface area contributed by atoms with E-state index >= 15 is 0 Å². The van der Waals surface area contributed by atoms with Crippen LogP contribution in [0.2, 0.25) is 0 Å². The van der Waals surface area contributed by atoms with Crippen LogP contribution in [-0.2, 0) is 0 Å². The minimum Gasteiger partial charge on any atom is -0.438 e. The molecule has 0 N–H and O–H groups in total. The molecule has 0 spiro atoms. The third kappa shape index (κ3) is 5.67. The van der Waals surface area contributed by atoms with Gasteiger partial charge >= 0.3 is 0 Å². The van der Waals surface area contributed by atoms with Gasteiger partial charge in [0.05, 0.1) is 22.7 Å². The van der Waals surface area contributed by atoms with Crippen LogP contribution in [0.3, 0.4) is 0 Å². The molecule has 0 aliphatic carbocycles. The number of nitriles is 1. The van der Waals surface area contributed by atoms with Crippen LogP contribution in [0.1, 0.15) is 5.56 Å². The number of aromatic nitrogens is 5. The molecule has 0 bridgehead atoms. The number of benzene rings is 5. The van der Waals surface area contributed by atoms with Crippen molar-refractivity contribution in [2.24, 2.45) is 0 Å². The largest absolute Gasteiger partial charge is 0.438 e. The van der Waals surface area contributed by atoms with Crippen molar-refractivity contribution < 1.29 is 4.42 Å². The number of hydrogen-bond donors (Lipinski definition) is 0. The summed E-state index contributed by atoms with van der Waals surface area (Å²) in [6, 6.07) is 50.3. The van der Waals surface area contributed by atoms with Crippen molar-refractivity contribution >= 4 is 22.1 Å². The quantitative estimate of drug-likeness (QED) is 0.176. The van der Waals surface area contributed by atoms with Crippen LogP contribution in [0.4, 0.5) is 0 Å². The zero-order valence-corrected chi connectivity index (χ0v) is 27.1. The van der Waals surface area contributed by atoms with E-state index in [1.807, 2.05) is 84.9 Å². The molecule has 0 aliphatic heterocycles. The molecular formula is C44H26N6O. The molecule has 0 radical (unpaired) electrons. The maximum Gasteiger partial charge on any atom is 0.227 e. The van der Waals surface area contributed by atoms with Crippen molar-refractivity contribution in [2.75, 3.05) is 0 Å². The van der Waals surface area contributed by atoms with Crippen molar-refractivity contribution in [3.8, 4) is 73.7 Å². The summed E-state index contributed by atoms with van der Waals surface area (Å²) in [5.74, 6) is 1.56. The van der Waals surface area contributed by atoms with E-state index in [1.54, 1.807) is 18.5 Å². The molecule has 9 aromatic rings. The molecule has 238 valence electrons. The molecule has 7 heteroatoms. The Bertz CT molecular complexity index is 2750. The smallest absolute Gasteiger partial charge is 0.227 e. The van der Waals surface area contributed by atoms with Crippen molar-refractivity contribution in [3.63, 3.8) is 0 Å². The van der Waals surface area contributed by atoms with Crippen LogP contribution in [0, 0.1) is 11.3 Å². The Hall–Kier alpha value is -7.30. The summed E-state index contributed by atoms with van der Waals surface area (Å²) in [5, 5.41) is 11.3. The lowest BCUT2D eigenvalue weighted by molar-refractivity contribution is 0.654. The second-order valence-corrected chi connectivity index (χ2v) is 12.1. The topological polar surface area (TPSA) is 101 Å². The van der Waals surface area contributed by atoms with E-state index in [-0.39, 0.29) is 0 Å². The van der Waals surface area contributed by atoms with Crippen molar-refractivity contribution in [2.45, 2.75) is 0 Å². The lowest BCUT2D eigenvalue weighted by Crippen LogP contribution is -2.00. The summed E-state index contributed by atoms with van der Waals surface area (Å²) in [4.78, 5) is 24.0. The summed E-state index contributed by atoms with van der Waals surface area (Å²) < 4.78 is 6.38. The lowest BCUT2D eigenvalue weighted by atomic mass is 9.97. The van der Waals surface area contributed by atoms with E-state index < -0.39 is 0 Å². The van der Waals surface area contributed by atoms with E-state index in [1.165, 1.54) is 0 Å². The highest BCUT2D eigenvalue weighted by molar-refractivity contribution is 6.12. The van der Waals surface area contributed by atoms with Crippen molar-refractivity contribution in [3.05, 3.63) is 164 Å². The number of fused-ring (bicyclic) bond motifs is 3. The number of furan rings is 1. The molecule has 7 nitrogen and oxygen atoms in total. The molecule has 0 saturated carbocycles. The molecule has 0 fully saturated rings. The van der Waals surface area contributed by atoms with Gasteiger partial charge in [-0.25, -0.2) is 19.9 Å². The Balaban J connectivity index is 1.13. The van der Waals surface area contributed by atoms with Gasteiger partial charge in [-0.3, -0.25) is 4.98 Å². The highest BCUT2D eigenvalue weighted by Crippen LogP contribution is 2.38. The molecule has 5 aromatic carbocycles. The minimum atomic E-state index is 0.496. The molecule has 4 heterocycles. The summed E-state index contributed by atoms with van der Waals surface area (Å²) in [7, 11) is 0. The predicted molar refractivity (Wildman–Crippen MR) is 200 cm³/mol. The Morgan fingerprint density at radius 2 is 1.16 bits per heavy atom. The Labute approximate surface area is 293 Å². The molecular weight excluding hydrogens is 629 g/mol. The number of pyridine rings is 2. The Kier molecular flexibility index (Phi) is 7.38. The molecule has 0 saturated heterocycles. The molecule has 0 atom stereocenters. The molecule has 51 heavy (non-hydrogen) atoms. The predicted octanol–water partition coefficient (Wildman–Crippen LogP) is 10.4. The standard InChI is InChI=1S/C44H26N6O/c45-26-28-9-7-16-33(23-28)38-20-18-35(27-47-38)43-49-41(30-12-5-2-6-13-30)48-42(50-43)34-17-19-37-39(25-34)51-44-40(37)36(21-22-46-44)32-15-8-14-31(24-32)29-10-3-1-4-11-29/h1-25,27H. The van der Waals surface area contributed by atoms with E-state index in [9.17, 15) is 5.26 Å². The molecule has 4 aromatic heterocycles. The summed E-state index contributed by atoms with van der Waals surface area (Å²) in [6.45, 7) is 0. The van der Waals surface area contributed by atoms with Gasteiger partial charge in [0, 0.05) is 40.0 Å². The SMILES string of the molecule is N#Cc1cccc(-c2ccc(-c3nc(-c4ccccc4)nc(-c4ccc5c(c4)oc4nccc(-c6cccc(-c7ccccc7)c6)c45)n3)cn2)c1. The monoisotopic (exact) mass is 654 g/mol. The van der Waals surface area contributed by atoms with Gasteiger partial charge in [-0.1, -0.05) is 97.1 Å². The van der Waals surface area contributed by atoms with Gasteiger partial charge in [-0.2, -0.15) is 5.26 Å². The maximum absolute atomic E-state index is 9.34. The first-order valence-electron chi connectivity index (χ1n) is 16.5. The lowest BCUT2D eigenvalue weighted by Gasteiger charge is -2.09. The fourth-order valence-corrected chi connectivity index (χ4v) is 6.37. The van der Waals surface area contributed by atoms with Crippen LogP contribution in [0.15, 0.2) is 162 Å². The summed E-state index contributed by atoms with van der Waals surface area (Å²) >= 11 is 0. The number of hydrogen-bond acceptors (Lipinski definition) is 7. The summed E-state index contributed by atoms with van der Waals surface area (Å²) in [5.41, 5.74) is 10.3. The van der Waals surface area contributed by atoms with Crippen LogP contribution in [0.5, 0.6) is 0 Å². The molecule has 9 rings (SSSR count). The normalized spacial score (nSPS) is 11.1. The zero-order valence-electron chi connectivity index (χ0n) is 27.1. The third-order valence-corrected chi connectivity index (χ3v) is 8.89. The zero-order chi connectivity index (χ0) is 34.1. The average Bonchev–Trinajstić information content (AvgIpc) is 3.60. The van der Waals surface area contributed by atoms with Crippen molar-refractivity contribution in [1.82, 2.24) is 24.9 Å². The summed E-state index contributed by atoms with van der Waals surface area (Å²) in [6.07, 6.45) is 3.55. The number of nitrogens with zero attached hydrogens (tertiary/aromatic N) is 6. The maximum atomic E-state index is 9.34. The molecule has 0 unspecified atom stereocenters. The van der Waals surface area contributed by atoms with E-state index in [0.717, 1.165) is 61.0 Å². The second-order valence-electron chi connectivity index (χ2n) is 12.1. The Morgan fingerprint density at radius 3 is 1.92 bits per heavy atom. The minimum absolute atomic E-state index is 0.496. The fourth-order valence-electron chi connectivity index (χ4n) is 6.37. The van der Waals surface area contributed by atoms with Gasteiger partial charge < -0.3 is 4.42 Å². The molecule has 0 aliphatic rings. The fraction of sp³-hybridized carbons (Fsp3) is 0. The Morgan fingerprint density at radius 1 is 0.490 bits per heavy atom. The van der Waals surface area contributed by atoms with Gasteiger partial charge in [-0.15, -0.1) is 0 Å². The van der Waals surface area contributed by atoms with Crippen LogP contribution in [-0.4, -0.2) is 24.9 Å². The first-order valence-corrected chi connectivity index (χ1v) is 16.5. The first kappa shape index (κ1) is 29.8.